The van der Waals surface area contributed by atoms with Gasteiger partial charge in [0.2, 0.25) is 0 Å². The van der Waals surface area contributed by atoms with E-state index in [4.69, 9.17) is 0 Å². The molecule has 0 unspecified atom stereocenters. The fraction of sp³-hybridized carbons (Fsp3) is 0.600. The van der Waals surface area contributed by atoms with E-state index in [1.807, 2.05) is 0 Å². The Morgan fingerprint density at radius 3 is 1.64 bits per heavy atom. The summed E-state index contributed by atoms with van der Waals surface area (Å²) in [7, 11) is 0. The second-order valence-electron chi connectivity index (χ2n) is 2.76. The maximum atomic E-state index is 4.32. The second-order valence-corrected chi connectivity index (χ2v) is 2.76. The molecule has 0 atom stereocenters. The molecule has 0 aromatic rings. The Labute approximate surface area is 99.9 Å². The van der Waals surface area contributed by atoms with Crippen LogP contribution in [0.4, 0.5) is 0 Å². The Kier molecular flexibility index (Phi) is 14.1. The first-order chi connectivity index (χ1) is 4.97. The average Bonchev–Trinajstić information content (AvgIpc) is 2.05. The van der Waals surface area contributed by atoms with E-state index in [1.54, 1.807) is 0 Å². The van der Waals surface area contributed by atoms with E-state index in [9.17, 15) is 0 Å². The Balaban J connectivity index is -0.000000302. The molecule has 2 aliphatic rings. The molecule has 0 radical (unpaired) electrons. The van der Waals surface area contributed by atoms with Crippen LogP contribution < -0.4 is 0 Å². The van der Waals surface area contributed by atoms with Crippen molar-refractivity contribution in [2.75, 3.05) is 39.3 Å². The van der Waals surface area contributed by atoms with E-state index < -0.39 is 0 Å². The van der Waals surface area contributed by atoms with E-state index in [0.29, 0.717) is 0 Å². The molecule has 2 rings (SSSR count). The van der Waals surface area contributed by atoms with Crippen LogP contribution in [-0.2, 0) is 16.5 Å². The van der Waals surface area contributed by atoms with Crippen LogP contribution in [0.3, 0.4) is 0 Å². The summed E-state index contributed by atoms with van der Waals surface area (Å²) < 4.78 is 0. The SMILES string of the molecule is C1CN2CC[N-]C[C-]2C[N-]1.[CH3-].[CH3-].[CH3-].[Ni]. The van der Waals surface area contributed by atoms with Gasteiger partial charge in [-0.2, -0.15) is 0 Å². The standard InChI is InChI=1S/C7H12N3.3CH3.Ni/c1-3-10-4-2-9-6-7(10)5-8-1;;;;/h1-6H2;3*1H3;/q-3;3*-1;. The number of nitrogens with zero attached hydrogens (tertiary/aromatic N) is 3. The summed E-state index contributed by atoms with van der Waals surface area (Å²) in [4.78, 5) is 2.43. The fourth-order valence-electron chi connectivity index (χ4n) is 1.48. The first-order valence-corrected chi connectivity index (χ1v) is 3.83. The monoisotopic (exact) mass is 241 g/mol. The van der Waals surface area contributed by atoms with Crippen LogP contribution in [0, 0.1) is 28.3 Å². The minimum absolute atomic E-state index is 0. The maximum absolute atomic E-state index is 4.32. The molecule has 4 heteroatoms. The van der Waals surface area contributed by atoms with Crippen LogP contribution in [0.1, 0.15) is 0 Å². The van der Waals surface area contributed by atoms with Crippen LogP contribution in [0.2, 0.25) is 0 Å². The van der Waals surface area contributed by atoms with Gasteiger partial charge in [0.05, 0.1) is 0 Å². The average molecular weight is 242 g/mol. The predicted molar refractivity (Wildman–Crippen MR) is 60.2 cm³/mol. The molecule has 2 saturated heterocycles. The maximum Gasteiger partial charge on any atom is 0 e. The Hall–Kier alpha value is 0.374. The molecule has 2 heterocycles. The van der Waals surface area contributed by atoms with Crippen molar-refractivity contribution in [3.63, 3.8) is 0 Å². The van der Waals surface area contributed by atoms with Crippen molar-refractivity contribution in [2.24, 2.45) is 0 Å². The molecule has 0 aliphatic carbocycles. The number of fused-ring (bicyclic) bond motifs is 1. The summed E-state index contributed by atoms with van der Waals surface area (Å²) >= 11 is 0. The van der Waals surface area contributed by atoms with Gasteiger partial charge in [0.1, 0.15) is 0 Å². The third-order valence-corrected chi connectivity index (χ3v) is 2.09. The minimum atomic E-state index is 0. The van der Waals surface area contributed by atoms with E-state index in [0.717, 1.165) is 39.3 Å². The molecule has 2 aliphatic heterocycles. The van der Waals surface area contributed by atoms with Crippen molar-refractivity contribution in [3.05, 3.63) is 39.0 Å². The van der Waals surface area contributed by atoms with E-state index in [-0.39, 0.29) is 38.8 Å². The summed E-state index contributed by atoms with van der Waals surface area (Å²) in [5.74, 6) is 0. The molecule has 0 aromatic carbocycles. The molecule has 0 saturated carbocycles. The van der Waals surface area contributed by atoms with Gasteiger partial charge < -0.3 is 37.8 Å². The van der Waals surface area contributed by atoms with E-state index in [2.05, 4.69) is 15.5 Å². The summed E-state index contributed by atoms with van der Waals surface area (Å²) in [6.07, 6.45) is 0. The molecule has 92 valence electrons. The van der Waals surface area contributed by atoms with Crippen molar-refractivity contribution in [1.82, 2.24) is 4.90 Å². The van der Waals surface area contributed by atoms with Gasteiger partial charge in [0.15, 0.2) is 0 Å². The third kappa shape index (κ3) is 4.74. The quantitative estimate of drug-likeness (QED) is 0.471. The van der Waals surface area contributed by atoms with Crippen molar-refractivity contribution in [3.8, 4) is 0 Å². The van der Waals surface area contributed by atoms with Gasteiger partial charge in [-0.15, -0.1) is 13.1 Å². The van der Waals surface area contributed by atoms with Gasteiger partial charge in [-0.05, 0) is 13.1 Å². The van der Waals surface area contributed by atoms with Gasteiger partial charge in [0.25, 0.3) is 0 Å². The zero-order valence-corrected chi connectivity index (χ0v) is 10.4. The number of hydrogen-bond donors (Lipinski definition) is 0. The number of rotatable bonds is 0. The van der Waals surface area contributed by atoms with Gasteiger partial charge in [-0.3, -0.25) is 19.1 Å². The Bertz CT molecular complexity index is 95.9. The van der Waals surface area contributed by atoms with Crippen LogP contribution in [0.25, 0.3) is 10.6 Å². The van der Waals surface area contributed by atoms with Crippen molar-refractivity contribution in [2.45, 2.75) is 0 Å². The van der Waals surface area contributed by atoms with Crippen molar-refractivity contribution < 1.29 is 16.5 Å². The Morgan fingerprint density at radius 2 is 1.29 bits per heavy atom. The van der Waals surface area contributed by atoms with E-state index >= 15 is 0 Å². The largest absolute Gasteiger partial charge is 0.686 e. The zero-order chi connectivity index (χ0) is 6.81. The van der Waals surface area contributed by atoms with Crippen LogP contribution >= 0.6 is 0 Å². The molecule has 0 N–H and O–H groups in total. The summed E-state index contributed by atoms with van der Waals surface area (Å²) in [6, 6.07) is 1.43. The molecule has 0 amide bonds. The number of hydrogen-bond acceptors (Lipinski definition) is 1. The third-order valence-electron chi connectivity index (χ3n) is 2.09. The summed E-state index contributed by atoms with van der Waals surface area (Å²) in [5.41, 5.74) is 0. The van der Waals surface area contributed by atoms with Gasteiger partial charge in [0, 0.05) is 16.5 Å². The fourth-order valence-corrected chi connectivity index (χ4v) is 1.48. The summed E-state index contributed by atoms with van der Waals surface area (Å²) in [6.45, 7) is 6.16. The molecule has 14 heavy (non-hydrogen) atoms. The first kappa shape index (κ1) is 19.9. The topological polar surface area (TPSA) is 31.4 Å². The number of piperazine rings is 2. The zero-order valence-electron chi connectivity index (χ0n) is 9.40. The predicted octanol–water partition coefficient (Wildman–Crippen LogP) is 1.94. The molecule has 2 fully saturated rings. The van der Waals surface area contributed by atoms with E-state index in [1.165, 1.54) is 6.04 Å². The summed E-state index contributed by atoms with van der Waals surface area (Å²) in [5, 5.41) is 8.65. The van der Waals surface area contributed by atoms with Crippen molar-refractivity contribution in [1.29, 1.82) is 0 Å². The molecule has 0 spiro atoms. The van der Waals surface area contributed by atoms with Crippen LogP contribution in [0.15, 0.2) is 0 Å². The van der Waals surface area contributed by atoms with Crippen LogP contribution in [0.5, 0.6) is 0 Å². The minimum Gasteiger partial charge on any atom is -0.686 e. The molecule has 3 nitrogen and oxygen atoms in total. The van der Waals surface area contributed by atoms with Crippen molar-refractivity contribution >= 4 is 0 Å². The van der Waals surface area contributed by atoms with Gasteiger partial charge >= 0.3 is 0 Å². The van der Waals surface area contributed by atoms with Gasteiger partial charge in [-0.1, -0.05) is 0 Å². The molecule has 0 bridgehead atoms. The Morgan fingerprint density at radius 1 is 0.857 bits per heavy atom. The molecule has 0 aromatic heterocycles. The normalized spacial score (nSPS) is 21.4. The molecular formula is C10H21N3Ni-6. The first-order valence-electron chi connectivity index (χ1n) is 3.83. The van der Waals surface area contributed by atoms with Crippen LogP contribution in [-0.4, -0.2) is 44.2 Å². The molecular weight excluding hydrogens is 221 g/mol. The van der Waals surface area contributed by atoms with Gasteiger partial charge in [-0.25, -0.2) is 0 Å². The second kappa shape index (κ2) is 9.91. The smallest absolute Gasteiger partial charge is 0 e.